The van der Waals surface area contributed by atoms with Gasteiger partial charge in [-0.2, -0.15) is 0 Å². The molecule has 6 N–H and O–H groups in total. The molecule has 0 heterocycles. The lowest BCUT2D eigenvalue weighted by atomic mass is 9.80. The number of rotatable bonds is 6. The van der Waals surface area contributed by atoms with E-state index in [1.165, 1.54) is 0 Å². The summed E-state index contributed by atoms with van der Waals surface area (Å²) in [5.41, 5.74) is 3.21. The Hall–Kier alpha value is -2.59. The van der Waals surface area contributed by atoms with E-state index >= 15 is 0 Å². The predicted octanol–water partition coefficient (Wildman–Crippen LogP) is -1.80. The molecule has 0 unspecified atom stereocenters. The Kier molecular flexibility index (Phi) is 6.20. The Morgan fingerprint density at radius 2 is 0.607 bits per heavy atom. The molecular weight excluding hydrogens is 359 g/mol. The lowest BCUT2D eigenvalue weighted by Crippen LogP contribution is -2.30. The summed E-state index contributed by atoms with van der Waals surface area (Å²) in [4.78, 5) is 1.86. The van der Waals surface area contributed by atoms with Crippen LogP contribution in [0, 0.1) is 0 Å². The van der Waals surface area contributed by atoms with Gasteiger partial charge >= 0.3 is 21.4 Å². The van der Waals surface area contributed by atoms with E-state index in [1.54, 1.807) is 72.8 Å². The van der Waals surface area contributed by atoms with Gasteiger partial charge in [-0.15, -0.1) is 0 Å². The number of nitrogens with zero attached hydrogens (tertiary/aromatic N) is 1. The number of anilines is 3. The predicted molar refractivity (Wildman–Crippen MR) is 111 cm³/mol. The summed E-state index contributed by atoms with van der Waals surface area (Å²) in [5.74, 6) is 0. The van der Waals surface area contributed by atoms with Crippen LogP contribution in [0.5, 0.6) is 0 Å². The van der Waals surface area contributed by atoms with Crippen molar-refractivity contribution in [1.82, 2.24) is 0 Å². The average molecular weight is 377 g/mol. The van der Waals surface area contributed by atoms with Crippen LogP contribution < -0.4 is 21.3 Å². The van der Waals surface area contributed by atoms with Crippen LogP contribution in [-0.2, 0) is 0 Å². The third-order valence-electron chi connectivity index (χ3n) is 4.35. The lowest BCUT2D eigenvalue weighted by Gasteiger charge is -2.26. The van der Waals surface area contributed by atoms with E-state index in [0.717, 1.165) is 17.1 Å². The summed E-state index contributed by atoms with van der Waals surface area (Å²) in [6, 6.07) is 19.9. The molecule has 3 rings (SSSR count). The molecule has 7 nitrogen and oxygen atoms in total. The van der Waals surface area contributed by atoms with E-state index in [2.05, 4.69) is 0 Å². The fourth-order valence-electron chi connectivity index (χ4n) is 2.83. The standard InChI is InChI=1S/C18H18B3NO6/c23-19(24)13-1-7-16(8-2-13)22(17-9-3-14(4-10-17)20(25)26)18-11-5-15(6-12-18)21(27)28/h1-12,23-28H. The Balaban J connectivity index is 2.04. The van der Waals surface area contributed by atoms with Crippen LogP contribution in [0.3, 0.4) is 0 Å². The summed E-state index contributed by atoms with van der Waals surface area (Å²) in [5, 5.41) is 55.8. The van der Waals surface area contributed by atoms with E-state index in [1.807, 2.05) is 4.90 Å². The Bertz CT molecular complexity index is 780. The van der Waals surface area contributed by atoms with Gasteiger partial charge in [0.2, 0.25) is 0 Å². The minimum atomic E-state index is -1.57. The smallest absolute Gasteiger partial charge is 0.423 e. The van der Waals surface area contributed by atoms with Gasteiger partial charge in [-0.3, -0.25) is 0 Å². The van der Waals surface area contributed by atoms with E-state index in [-0.39, 0.29) is 0 Å². The first-order valence-electron chi connectivity index (χ1n) is 8.55. The molecule has 0 radical (unpaired) electrons. The lowest BCUT2D eigenvalue weighted by molar-refractivity contribution is 0.424. The third-order valence-corrected chi connectivity index (χ3v) is 4.35. The van der Waals surface area contributed by atoms with Crippen LogP contribution in [0.15, 0.2) is 72.8 Å². The number of benzene rings is 3. The second-order valence-corrected chi connectivity index (χ2v) is 6.23. The molecule has 28 heavy (non-hydrogen) atoms. The van der Waals surface area contributed by atoms with Crippen LogP contribution in [0.2, 0.25) is 0 Å². The SMILES string of the molecule is OB(O)c1ccc(N(c2ccc(B(O)O)cc2)c2ccc(B(O)O)cc2)cc1. The molecule has 140 valence electrons. The van der Waals surface area contributed by atoms with Crippen molar-refractivity contribution in [2.24, 2.45) is 0 Å². The summed E-state index contributed by atoms with van der Waals surface area (Å²) in [6.45, 7) is 0. The van der Waals surface area contributed by atoms with Crippen LogP contribution in [0.4, 0.5) is 17.1 Å². The Labute approximate surface area is 163 Å². The molecule has 0 aromatic heterocycles. The quantitative estimate of drug-likeness (QED) is 0.280. The molecule has 0 saturated heterocycles. The van der Waals surface area contributed by atoms with Gasteiger partial charge in [-0.1, -0.05) is 36.4 Å². The second kappa shape index (κ2) is 8.62. The zero-order valence-electron chi connectivity index (χ0n) is 14.8. The molecule has 0 saturated carbocycles. The topological polar surface area (TPSA) is 125 Å². The maximum Gasteiger partial charge on any atom is 0.488 e. The summed E-state index contributed by atoms with van der Waals surface area (Å²) < 4.78 is 0. The number of hydrogen-bond donors (Lipinski definition) is 6. The average Bonchev–Trinajstić information content (AvgIpc) is 2.69. The van der Waals surface area contributed by atoms with E-state index in [4.69, 9.17) is 0 Å². The zero-order chi connectivity index (χ0) is 20.3. The monoisotopic (exact) mass is 377 g/mol. The fraction of sp³-hybridized carbons (Fsp3) is 0. The van der Waals surface area contributed by atoms with Crippen molar-refractivity contribution in [3.8, 4) is 0 Å². The largest absolute Gasteiger partial charge is 0.488 e. The molecular formula is C18H18B3NO6. The van der Waals surface area contributed by atoms with Crippen LogP contribution >= 0.6 is 0 Å². The van der Waals surface area contributed by atoms with Crippen LogP contribution in [-0.4, -0.2) is 51.5 Å². The van der Waals surface area contributed by atoms with Gasteiger partial charge in [0, 0.05) is 17.1 Å². The van der Waals surface area contributed by atoms with E-state index in [0.29, 0.717) is 16.4 Å². The van der Waals surface area contributed by atoms with Crippen molar-refractivity contribution in [3.63, 3.8) is 0 Å². The van der Waals surface area contributed by atoms with Crippen LogP contribution in [0.1, 0.15) is 0 Å². The third kappa shape index (κ3) is 4.45. The Morgan fingerprint density at radius 3 is 0.786 bits per heavy atom. The van der Waals surface area contributed by atoms with Gasteiger partial charge in [0.15, 0.2) is 0 Å². The minimum absolute atomic E-state index is 0.348. The first kappa shape index (κ1) is 20.2. The number of hydrogen-bond acceptors (Lipinski definition) is 7. The zero-order valence-corrected chi connectivity index (χ0v) is 14.8. The normalized spacial score (nSPS) is 10.5. The molecule has 3 aromatic carbocycles. The first-order chi connectivity index (χ1) is 13.4. The van der Waals surface area contributed by atoms with Gasteiger partial charge in [-0.05, 0) is 52.8 Å². The highest BCUT2D eigenvalue weighted by Crippen LogP contribution is 2.33. The molecule has 0 spiro atoms. The highest BCUT2D eigenvalue weighted by atomic mass is 16.4. The summed E-state index contributed by atoms with van der Waals surface area (Å²) in [6.07, 6.45) is 0. The summed E-state index contributed by atoms with van der Waals surface area (Å²) in [7, 11) is -4.71. The Morgan fingerprint density at radius 1 is 0.393 bits per heavy atom. The van der Waals surface area contributed by atoms with Crippen molar-refractivity contribution in [3.05, 3.63) is 72.8 Å². The highest BCUT2D eigenvalue weighted by Gasteiger charge is 2.18. The molecule has 0 aliphatic carbocycles. The maximum atomic E-state index is 9.30. The molecule has 0 amide bonds. The first-order valence-corrected chi connectivity index (χ1v) is 8.55. The van der Waals surface area contributed by atoms with Crippen LogP contribution in [0.25, 0.3) is 0 Å². The van der Waals surface area contributed by atoms with E-state index < -0.39 is 21.4 Å². The van der Waals surface area contributed by atoms with Crippen molar-refractivity contribution in [2.45, 2.75) is 0 Å². The second-order valence-electron chi connectivity index (χ2n) is 6.23. The van der Waals surface area contributed by atoms with Gasteiger partial charge in [0.1, 0.15) is 0 Å². The van der Waals surface area contributed by atoms with Crippen molar-refractivity contribution >= 4 is 54.8 Å². The molecule has 3 aromatic rings. The van der Waals surface area contributed by atoms with Crippen molar-refractivity contribution < 1.29 is 30.1 Å². The molecule has 0 bridgehead atoms. The molecule has 0 fully saturated rings. The minimum Gasteiger partial charge on any atom is -0.423 e. The van der Waals surface area contributed by atoms with Crippen molar-refractivity contribution in [2.75, 3.05) is 4.90 Å². The van der Waals surface area contributed by atoms with Gasteiger partial charge in [-0.25, -0.2) is 0 Å². The molecule has 0 atom stereocenters. The molecule has 0 aliphatic heterocycles. The maximum absolute atomic E-state index is 9.30. The summed E-state index contributed by atoms with van der Waals surface area (Å²) >= 11 is 0. The molecule has 10 heteroatoms. The highest BCUT2D eigenvalue weighted by molar-refractivity contribution is 6.59. The van der Waals surface area contributed by atoms with Gasteiger partial charge < -0.3 is 35.0 Å². The van der Waals surface area contributed by atoms with E-state index in [9.17, 15) is 30.1 Å². The fourth-order valence-corrected chi connectivity index (χ4v) is 2.83. The van der Waals surface area contributed by atoms with Crippen molar-refractivity contribution in [1.29, 1.82) is 0 Å². The van der Waals surface area contributed by atoms with Gasteiger partial charge in [0.05, 0.1) is 0 Å². The van der Waals surface area contributed by atoms with Gasteiger partial charge in [0.25, 0.3) is 0 Å². The molecule has 0 aliphatic rings.